The number of benzene rings is 10. The fraction of sp³-hybridized carbons (Fsp3) is 0.0164. The number of aromatic nitrogens is 1. The van der Waals surface area contributed by atoms with Gasteiger partial charge in [-0.2, -0.15) is 0 Å². The Balaban J connectivity index is 1.02. The lowest BCUT2D eigenvalue weighted by atomic mass is 9.65. The van der Waals surface area contributed by atoms with Crippen LogP contribution in [0, 0.1) is 0 Å². The average Bonchev–Trinajstić information content (AvgIpc) is 4.02. The molecule has 0 saturated heterocycles. The molecular formula is C61H38N2O. The van der Waals surface area contributed by atoms with Crippen LogP contribution in [0.15, 0.2) is 235 Å². The minimum Gasteiger partial charge on any atom is -0.456 e. The Bertz CT molecular complexity index is 3870. The molecule has 0 N–H and O–H groups in total. The van der Waals surface area contributed by atoms with Crippen molar-refractivity contribution in [1.29, 1.82) is 0 Å². The van der Waals surface area contributed by atoms with Crippen LogP contribution < -0.4 is 4.90 Å². The van der Waals surface area contributed by atoms with Crippen molar-refractivity contribution >= 4 is 60.8 Å². The van der Waals surface area contributed by atoms with Crippen molar-refractivity contribution in [1.82, 2.24) is 4.57 Å². The van der Waals surface area contributed by atoms with Crippen LogP contribution in [0.2, 0.25) is 0 Å². The van der Waals surface area contributed by atoms with Gasteiger partial charge in [-0.05, 0) is 110 Å². The standard InChI is InChI=1S/C61H38N2O/c1-2-17-39(18-3-1)40-19-12-21-42(37-40)62(55-34-16-36-57-59(55)48-25-6-11-35-56(48)64-57)43-22-13-20-41(38-43)44-26-14-30-51-58(44)47-24-4-7-28-49(47)61(51)50-29-8-10-33-54(50)63-53-32-9-5-23-45(53)46-27-15-31-52(61)60(46)63/h1-38H. The van der Waals surface area contributed by atoms with Crippen molar-refractivity contribution in [2.75, 3.05) is 4.90 Å². The van der Waals surface area contributed by atoms with Crippen molar-refractivity contribution in [2.24, 2.45) is 0 Å². The van der Waals surface area contributed by atoms with Crippen molar-refractivity contribution in [3.8, 4) is 39.1 Å². The van der Waals surface area contributed by atoms with E-state index in [1.54, 1.807) is 0 Å². The highest BCUT2D eigenvalue weighted by molar-refractivity contribution is 6.15. The van der Waals surface area contributed by atoms with Crippen molar-refractivity contribution in [3.63, 3.8) is 0 Å². The predicted octanol–water partition coefficient (Wildman–Crippen LogP) is 16.2. The Labute approximate surface area is 370 Å². The van der Waals surface area contributed by atoms with Crippen LogP contribution in [-0.2, 0) is 5.41 Å². The van der Waals surface area contributed by atoms with Crippen LogP contribution in [0.3, 0.4) is 0 Å². The first-order valence-electron chi connectivity index (χ1n) is 22.1. The summed E-state index contributed by atoms with van der Waals surface area (Å²) in [5, 5.41) is 4.75. The molecule has 1 aliphatic carbocycles. The third-order valence-corrected chi connectivity index (χ3v) is 14.0. The van der Waals surface area contributed by atoms with E-state index in [2.05, 4.69) is 234 Å². The zero-order valence-corrected chi connectivity index (χ0v) is 34.7. The van der Waals surface area contributed by atoms with E-state index in [1.807, 2.05) is 6.07 Å². The molecule has 2 aliphatic rings. The van der Waals surface area contributed by atoms with E-state index in [1.165, 1.54) is 72.0 Å². The maximum Gasteiger partial charge on any atom is 0.137 e. The van der Waals surface area contributed by atoms with Crippen molar-refractivity contribution < 1.29 is 4.42 Å². The molecule has 2 aromatic heterocycles. The third-order valence-electron chi connectivity index (χ3n) is 14.0. The molecule has 0 radical (unpaired) electrons. The Morgan fingerprint density at radius 1 is 0.391 bits per heavy atom. The SMILES string of the molecule is c1ccc(-c2cccc(N(c3cccc(-c4cccc5c4-c4ccccc4C54c5ccccc5-n5c6ccccc6c6cccc4c65)c3)c3cccc4oc5ccccc5c34)c2)cc1. The van der Waals surface area contributed by atoms with Gasteiger partial charge in [-0.15, -0.1) is 0 Å². The summed E-state index contributed by atoms with van der Waals surface area (Å²) < 4.78 is 9.01. The first-order valence-corrected chi connectivity index (χ1v) is 22.1. The number of hydrogen-bond acceptors (Lipinski definition) is 2. The van der Waals surface area contributed by atoms with E-state index in [4.69, 9.17) is 4.42 Å². The molecular weight excluding hydrogens is 777 g/mol. The molecule has 0 fully saturated rings. The smallest absolute Gasteiger partial charge is 0.137 e. The van der Waals surface area contributed by atoms with Gasteiger partial charge in [0, 0.05) is 27.5 Å². The summed E-state index contributed by atoms with van der Waals surface area (Å²) in [7, 11) is 0. The number of hydrogen-bond donors (Lipinski definition) is 0. The highest BCUT2D eigenvalue weighted by atomic mass is 16.3. The van der Waals surface area contributed by atoms with Gasteiger partial charge in [0.25, 0.3) is 0 Å². The highest BCUT2D eigenvalue weighted by Crippen LogP contribution is 2.62. The molecule has 3 heteroatoms. The molecule has 10 aromatic carbocycles. The van der Waals surface area contributed by atoms with Gasteiger partial charge < -0.3 is 13.9 Å². The fourth-order valence-electron chi connectivity index (χ4n) is 11.5. The summed E-state index contributed by atoms with van der Waals surface area (Å²) >= 11 is 0. The topological polar surface area (TPSA) is 21.3 Å². The maximum atomic E-state index is 6.50. The summed E-state index contributed by atoms with van der Waals surface area (Å²) in [5.41, 5.74) is 20.7. The van der Waals surface area contributed by atoms with E-state index in [9.17, 15) is 0 Å². The van der Waals surface area contributed by atoms with Gasteiger partial charge in [-0.3, -0.25) is 0 Å². The fourth-order valence-corrected chi connectivity index (χ4v) is 11.5. The lowest BCUT2D eigenvalue weighted by Crippen LogP contribution is -2.33. The van der Waals surface area contributed by atoms with Crippen LogP contribution in [0.5, 0.6) is 0 Å². The molecule has 1 unspecified atom stereocenters. The van der Waals surface area contributed by atoms with Crippen LogP contribution in [0.4, 0.5) is 17.1 Å². The quantitative estimate of drug-likeness (QED) is 0.173. The first kappa shape index (κ1) is 35.2. The van der Waals surface area contributed by atoms with Crippen molar-refractivity contribution in [3.05, 3.63) is 253 Å². The molecule has 12 aromatic rings. The summed E-state index contributed by atoms with van der Waals surface area (Å²) in [5.74, 6) is 0. The second-order valence-corrected chi connectivity index (χ2v) is 17.1. The lowest BCUT2D eigenvalue weighted by Gasteiger charge is -2.39. The zero-order valence-electron chi connectivity index (χ0n) is 34.7. The zero-order chi connectivity index (χ0) is 41.9. The van der Waals surface area contributed by atoms with Gasteiger partial charge in [0.2, 0.25) is 0 Å². The largest absolute Gasteiger partial charge is 0.456 e. The summed E-state index contributed by atoms with van der Waals surface area (Å²) in [4.78, 5) is 2.41. The molecule has 64 heavy (non-hydrogen) atoms. The van der Waals surface area contributed by atoms with Crippen molar-refractivity contribution in [2.45, 2.75) is 5.41 Å². The number of nitrogens with zero attached hydrogens (tertiary/aromatic N) is 2. The molecule has 3 heterocycles. The van der Waals surface area contributed by atoms with Gasteiger partial charge >= 0.3 is 0 Å². The Kier molecular flexibility index (Phi) is 7.32. The average molecular weight is 815 g/mol. The number of fused-ring (bicyclic) bond motifs is 15. The number of para-hydroxylation sites is 4. The van der Waals surface area contributed by atoms with E-state index >= 15 is 0 Å². The third kappa shape index (κ3) is 4.70. The van der Waals surface area contributed by atoms with Gasteiger partial charge in [0.05, 0.1) is 33.2 Å². The summed E-state index contributed by atoms with van der Waals surface area (Å²) in [6, 6.07) is 84.5. The normalized spacial score (nSPS) is 14.6. The minimum atomic E-state index is -0.526. The molecule has 1 aliphatic heterocycles. The van der Waals surface area contributed by atoms with Gasteiger partial charge in [0.1, 0.15) is 11.2 Å². The number of anilines is 3. The molecule has 0 amide bonds. The second kappa shape index (κ2) is 13.3. The molecule has 0 bridgehead atoms. The van der Waals surface area contributed by atoms with E-state index < -0.39 is 5.41 Å². The lowest BCUT2D eigenvalue weighted by molar-refractivity contribution is 0.669. The van der Waals surface area contributed by atoms with Gasteiger partial charge in [0.15, 0.2) is 0 Å². The number of furan rings is 1. The molecule has 0 saturated carbocycles. The molecule has 298 valence electrons. The Hall–Kier alpha value is -8.40. The Morgan fingerprint density at radius 2 is 0.984 bits per heavy atom. The molecule has 3 nitrogen and oxygen atoms in total. The van der Waals surface area contributed by atoms with E-state index in [0.29, 0.717) is 0 Å². The minimum absolute atomic E-state index is 0.526. The molecule has 1 spiro atoms. The molecule has 14 rings (SSSR count). The van der Waals surface area contributed by atoms with Crippen LogP contribution in [0.1, 0.15) is 22.3 Å². The predicted molar refractivity (Wildman–Crippen MR) is 264 cm³/mol. The highest BCUT2D eigenvalue weighted by Gasteiger charge is 2.51. The van der Waals surface area contributed by atoms with Gasteiger partial charge in [-0.25, -0.2) is 0 Å². The monoisotopic (exact) mass is 814 g/mol. The Morgan fingerprint density at radius 3 is 1.88 bits per heavy atom. The van der Waals surface area contributed by atoms with E-state index in [-0.39, 0.29) is 0 Å². The van der Waals surface area contributed by atoms with Crippen LogP contribution in [-0.4, -0.2) is 4.57 Å². The maximum absolute atomic E-state index is 6.50. The van der Waals surface area contributed by atoms with Gasteiger partial charge in [-0.1, -0.05) is 176 Å². The summed E-state index contributed by atoms with van der Waals surface area (Å²) in [6.07, 6.45) is 0. The molecule has 1 atom stereocenters. The second-order valence-electron chi connectivity index (χ2n) is 17.1. The van der Waals surface area contributed by atoms with Crippen LogP contribution >= 0.6 is 0 Å². The van der Waals surface area contributed by atoms with E-state index in [0.717, 1.165) is 50.1 Å². The van der Waals surface area contributed by atoms with Crippen LogP contribution in [0.25, 0.3) is 82.8 Å². The first-order chi connectivity index (χ1) is 31.8. The number of rotatable bonds is 5. The summed E-state index contributed by atoms with van der Waals surface area (Å²) in [6.45, 7) is 0.